The van der Waals surface area contributed by atoms with Gasteiger partial charge in [0.1, 0.15) is 75.3 Å². The molecule has 5 aliphatic rings. The Morgan fingerprint density at radius 2 is 0.846 bits per heavy atom. The number of aliphatic hydroxyl groups excluding tert-OH is 2. The van der Waals surface area contributed by atoms with Crippen LogP contribution in [0.4, 0.5) is 0 Å². The van der Waals surface area contributed by atoms with Crippen LogP contribution in [0.15, 0.2) is 166 Å². The molecule has 5 aliphatic heterocycles. The SMILES string of the molecule is CC(=O)O.Cc1cc2c(s1)-n1c(C)nnc1[C@H](CC(=O)NCC(=O)O)N=C2c1ccc(Cl)cc1.Cc1cc2c(s1)-n1c(C)nnc1[C@H](CC(=O)O)N=C2c1ccc(Cl)cc1.Cc1ncsc1-c1ccc(CNC(=O)[C@@H]2C[C@@H](O)CN2C(=O)[C@@H](N)C(C)(C)C)cc1.Cc1ncsc1-c1ccc(CNC(=O)[C@@H]2C[C@@H](O)CN2C(=O)[C@@H](NC(=O)CNC(=O)C[C@@H]2N=C(c3ccccc3)c3c(sc(C)c3C)-n3c(C)nnc32)C(C)(C)C)cc1. The Balaban J connectivity index is 0.000000165. The van der Waals surface area contributed by atoms with E-state index in [0.717, 1.165) is 136 Å². The van der Waals surface area contributed by atoms with Crippen molar-refractivity contribution in [3.63, 3.8) is 0 Å². The molecule has 2 saturated heterocycles. The fourth-order valence-corrected chi connectivity index (χ4v) is 22.7. The molecule has 0 spiro atoms. The van der Waals surface area contributed by atoms with Gasteiger partial charge in [-0.3, -0.25) is 76.6 Å². The standard InChI is InChI=1S/C43H49N9O5S2.C22H30N4O3S.C20H18ClN5O3S.C18H15ClN4O2S.C2H4O2/c1-23-25(3)59-42-35(23)36(28-11-9-8-10-12-28)47-31(39-50-49-26(4)52(39)42)18-33(54)44-20-34(55)48-38(43(5,6)7)41(57)51-21-30(53)17-32(51)40(56)45-19-27-13-15-29(16-14-27)37-24(2)46-22-58-37;1-13-18(30-12-25-13)15-7-5-14(6-8-15)10-24-20(28)17-9-16(27)11-26(17)21(29)19(23)22(2,3)4;1-10-7-14-18(12-3-5-13(21)6-4-12)23-15(8-16(27)22-9-17(28)29)19-25-24-11(2)26(19)20(14)30-10;1-9-7-13-16(11-3-5-12(19)6-4-11)20-14(8-15(24)25)17-22-21-10(2)23(17)18(13)26-9;1-2(3)4/h8-16,22,30-32,38,53H,17-21H2,1-7H3,(H,44,54)(H,45,56)(H,48,55);5-8,12,16-17,19,27H,9-11,23H2,1-4H3,(H,24,28);3-7,15H,8-9H2,1-2H3,(H,22,27)(H,28,29);3-7,14H,8H2,1-2H3,(H,24,25);1H3,(H,3,4)/t30-,31+,32+,38-;16-,17+,19-;15-;14-;/m1100./s1. The van der Waals surface area contributed by atoms with Crippen LogP contribution in [-0.2, 0) is 61.0 Å². The van der Waals surface area contributed by atoms with E-state index in [2.05, 4.69) is 93.1 Å². The van der Waals surface area contributed by atoms with E-state index in [9.17, 15) is 58.5 Å². The van der Waals surface area contributed by atoms with Crippen molar-refractivity contribution >= 4 is 156 Å². The van der Waals surface area contributed by atoms with E-state index in [4.69, 9.17) is 58.9 Å². The number of aromatic nitrogens is 11. The molecule has 18 rings (SSSR count). The molecular weight excluding hydrogens is 2040 g/mol. The largest absolute Gasteiger partial charge is 0.481 e. The molecule has 780 valence electrons. The van der Waals surface area contributed by atoms with Gasteiger partial charge in [-0.15, -0.1) is 87.3 Å². The number of amides is 7. The van der Waals surface area contributed by atoms with Crippen LogP contribution in [-0.4, -0.2) is 229 Å². The molecule has 37 nitrogen and oxygen atoms in total. The smallest absolute Gasteiger partial charge is 0.322 e. The third-order valence-corrected chi connectivity index (χ3v) is 30.9. The van der Waals surface area contributed by atoms with Crippen molar-refractivity contribution < 1.29 is 73.5 Å². The Morgan fingerprint density at radius 1 is 0.456 bits per heavy atom. The molecule has 9 atom stereocenters. The van der Waals surface area contributed by atoms with Crippen molar-refractivity contribution in [3.8, 4) is 35.9 Å². The molecule has 0 saturated carbocycles. The number of β-amino-alcohol motifs (C(OH)–C–C–N with tert-alkyl or cyclic N) is 2. The van der Waals surface area contributed by atoms with Crippen LogP contribution < -0.4 is 32.3 Å². The summed E-state index contributed by atoms with van der Waals surface area (Å²) >= 11 is 20.1. The number of aryl methyl sites for hydroxylation is 8. The number of likely N-dealkylation sites (tertiary alicyclic amines) is 2. The number of carbonyl (C=O) groups excluding carboxylic acids is 7. The van der Waals surface area contributed by atoms with Gasteiger partial charge in [-0.05, 0) is 137 Å². The quantitative estimate of drug-likeness (QED) is 0.0268. The number of fused-ring (bicyclic) bond motifs is 9. The summed E-state index contributed by atoms with van der Waals surface area (Å²) in [5.41, 5.74) is 23.3. The predicted molar refractivity (Wildman–Crippen MR) is 573 cm³/mol. The number of nitrogens with two attached hydrogens (primary N) is 1. The molecule has 12 N–H and O–H groups in total. The average Bonchev–Trinajstić information content (AvgIpc) is 1.59. The van der Waals surface area contributed by atoms with E-state index < -0.39 is 126 Å². The summed E-state index contributed by atoms with van der Waals surface area (Å²) in [4.78, 5) is 156. The van der Waals surface area contributed by atoms with Gasteiger partial charge in [-0.25, -0.2) is 9.97 Å². The number of thiophene rings is 3. The number of rotatable bonds is 24. The summed E-state index contributed by atoms with van der Waals surface area (Å²) in [6.45, 7) is 29.7. The maximum absolute atomic E-state index is 14.2. The molecule has 5 aromatic carbocycles. The summed E-state index contributed by atoms with van der Waals surface area (Å²) in [6.07, 6.45) is -1.64. The minimum Gasteiger partial charge on any atom is -0.481 e. The molecule has 44 heteroatoms. The van der Waals surface area contributed by atoms with E-state index in [1.165, 1.54) is 9.80 Å². The lowest BCUT2D eigenvalue weighted by molar-refractivity contribution is -0.144. The number of benzene rings is 5. The van der Waals surface area contributed by atoms with Crippen molar-refractivity contribution in [3.05, 3.63) is 272 Å². The van der Waals surface area contributed by atoms with Gasteiger partial charge in [-0.2, -0.15) is 0 Å². The number of nitrogens with zero attached hydrogens (tertiary/aromatic N) is 16. The Morgan fingerprint density at radius 3 is 1.24 bits per heavy atom. The Labute approximate surface area is 889 Å². The number of carboxylic acid groups (broad SMARTS) is 3. The molecule has 149 heavy (non-hydrogen) atoms. The van der Waals surface area contributed by atoms with Crippen LogP contribution in [0.5, 0.6) is 0 Å². The maximum Gasteiger partial charge on any atom is 0.322 e. The maximum atomic E-state index is 14.2. The number of aliphatic imine (C=N–C) groups is 3. The van der Waals surface area contributed by atoms with Crippen molar-refractivity contribution in [2.24, 2.45) is 31.5 Å². The monoisotopic (exact) mass is 2150 g/mol. The van der Waals surface area contributed by atoms with Crippen molar-refractivity contribution in [1.82, 2.24) is 90.6 Å². The molecular formula is C105H116Cl2N22O15S5. The van der Waals surface area contributed by atoms with E-state index in [0.29, 0.717) is 51.5 Å². The summed E-state index contributed by atoms with van der Waals surface area (Å²) in [6, 6.07) is 39.2. The third kappa shape index (κ3) is 26.5. The number of carbonyl (C=O) groups is 10. The third-order valence-electron chi connectivity index (χ3n) is 25.2. The molecule has 0 aliphatic carbocycles. The van der Waals surface area contributed by atoms with Crippen molar-refractivity contribution in [2.75, 3.05) is 26.2 Å². The predicted octanol–water partition coefficient (Wildman–Crippen LogP) is 14.1. The zero-order valence-corrected chi connectivity index (χ0v) is 90.4. The van der Waals surface area contributed by atoms with Crippen LogP contribution in [0.3, 0.4) is 0 Å². The first-order valence-corrected chi connectivity index (χ1v) is 52.8. The van der Waals surface area contributed by atoms with E-state index >= 15 is 0 Å². The van der Waals surface area contributed by atoms with Crippen LogP contribution in [0, 0.1) is 73.1 Å². The Kier molecular flexibility index (Phi) is 35.4. The summed E-state index contributed by atoms with van der Waals surface area (Å²) < 4.78 is 5.82. The lowest BCUT2D eigenvalue weighted by Gasteiger charge is -2.35. The molecule has 0 bridgehead atoms. The van der Waals surface area contributed by atoms with Crippen LogP contribution in [0.1, 0.15) is 210 Å². The molecule has 8 aromatic heterocycles. The molecule has 0 unspecified atom stereocenters. The highest BCUT2D eigenvalue weighted by Gasteiger charge is 2.47. The van der Waals surface area contributed by atoms with Gasteiger partial charge in [0.2, 0.25) is 41.4 Å². The Hall–Kier alpha value is -14.0. The van der Waals surface area contributed by atoms with Gasteiger partial charge in [-0.1, -0.05) is 168 Å². The van der Waals surface area contributed by atoms with E-state index in [1.54, 1.807) is 80.9 Å². The van der Waals surface area contributed by atoms with Crippen LogP contribution in [0.2, 0.25) is 10.0 Å². The summed E-state index contributed by atoms with van der Waals surface area (Å²) in [7, 11) is 0. The van der Waals surface area contributed by atoms with Crippen molar-refractivity contribution in [2.45, 2.75) is 210 Å². The van der Waals surface area contributed by atoms with Crippen molar-refractivity contribution in [1.29, 1.82) is 0 Å². The first-order chi connectivity index (χ1) is 70.7. The zero-order chi connectivity index (χ0) is 108. The number of aliphatic carboxylic acids is 3. The van der Waals surface area contributed by atoms with Gasteiger partial charge < -0.3 is 67.7 Å². The van der Waals surface area contributed by atoms with Crippen LogP contribution >= 0.6 is 79.9 Å². The van der Waals surface area contributed by atoms with E-state index in [1.807, 2.05) is 218 Å². The molecule has 13 aromatic rings. The number of aliphatic hydroxyl groups is 2. The topological polar surface area (TPSA) is 519 Å². The van der Waals surface area contributed by atoms with Gasteiger partial charge in [0, 0.05) is 104 Å². The highest BCUT2D eigenvalue weighted by molar-refractivity contribution is 7.16. The summed E-state index contributed by atoms with van der Waals surface area (Å²) in [5.74, 6) is -2.06. The number of nitrogens with one attached hydrogen (secondary N) is 5. The van der Waals surface area contributed by atoms with Gasteiger partial charge in [0.15, 0.2) is 17.5 Å². The minimum atomic E-state index is -1.11. The highest BCUT2D eigenvalue weighted by Crippen LogP contribution is 2.44. The normalized spacial score (nSPS) is 17.2. The number of thiazole rings is 2. The van der Waals surface area contributed by atoms with Gasteiger partial charge in [0.25, 0.3) is 5.97 Å². The lowest BCUT2D eigenvalue weighted by Crippen LogP contribution is -2.58. The lowest BCUT2D eigenvalue weighted by atomic mass is 9.85. The highest BCUT2D eigenvalue weighted by atomic mass is 35.5. The Bertz CT molecular complexity index is 7250. The first-order valence-electron chi connectivity index (χ1n) is 47.8. The number of carboxylic acids is 3. The van der Waals surface area contributed by atoms with Gasteiger partial charge >= 0.3 is 11.9 Å². The first kappa shape index (κ1) is 111. The summed E-state index contributed by atoms with van der Waals surface area (Å²) in [5, 5.41) is 89.8. The second-order valence-electron chi connectivity index (χ2n) is 38.6. The number of halogens is 2. The second-order valence-corrected chi connectivity index (χ2v) is 44.9. The fourth-order valence-electron chi connectivity index (χ4n) is 17.5. The average molecular weight is 2160 g/mol. The zero-order valence-electron chi connectivity index (χ0n) is 84.8. The van der Waals surface area contributed by atoms with Crippen LogP contribution in [0.25, 0.3) is 35.9 Å². The fraction of sp³-hybridized carbons (Fsp3) is 0.362. The second kappa shape index (κ2) is 47.7. The molecule has 0 radical (unpaired) electrons. The minimum absolute atomic E-state index is 0.0452. The molecule has 13 heterocycles. The van der Waals surface area contributed by atoms with Gasteiger partial charge in [0.05, 0.1) is 93.4 Å². The molecule has 7 amide bonds. The number of hydrogen-bond acceptors (Lipinski definition) is 29. The molecule has 2 fully saturated rings. The number of hydrogen-bond donors (Lipinski definition) is 11. The van der Waals surface area contributed by atoms with E-state index in [-0.39, 0.29) is 63.6 Å².